The van der Waals surface area contributed by atoms with Crippen molar-refractivity contribution < 1.29 is 56.8 Å². The smallest absolute Gasteiger partial charge is 0.0701 e. The number of hydrogen-bond acceptors (Lipinski definition) is 18. The van der Waals surface area contributed by atoms with Gasteiger partial charge in [-0.05, 0) is 51.9 Å². The molecule has 18 heteroatoms. The van der Waals surface area contributed by atoms with Crippen LogP contribution in [0.5, 0.6) is 0 Å². The van der Waals surface area contributed by atoms with Crippen molar-refractivity contribution in [3.05, 3.63) is 0 Å². The maximum absolute atomic E-state index is 6.05. The molecule has 3 aliphatic rings. The SMILES string of the molecule is C(CCCCCCCCN1CCOCCOCCN(CCCCCCCCCCCCCCCCN2CCOCCOCCNCCOCCOCC2)CCOCCOCC1)CCCCCCCN1CCOCCOCCNCCOCCOCC1. The van der Waals surface area contributed by atoms with Gasteiger partial charge in [0.1, 0.15) is 0 Å². The molecule has 0 aromatic rings. The molecular formula is C68H138N6O12. The summed E-state index contributed by atoms with van der Waals surface area (Å²) in [5.74, 6) is 0. The fourth-order valence-corrected chi connectivity index (χ4v) is 11.2. The van der Waals surface area contributed by atoms with E-state index in [2.05, 4.69) is 30.2 Å². The van der Waals surface area contributed by atoms with Crippen LogP contribution in [-0.2, 0) is 56.8 Å². The van der Waals surface area contributed by atoms with Gasteiger partial charge in [-0.3, -0.25) is 19.6 Å². The van der Waals surface area contributed by atoms with Gasteiger partial charge in [-0.1, -0.05) is 154 Å². The van der Waals surface area contributed by atoms with Gasteiger partial charge in [0.2, 0.25) is 0 Å². The summed E-state index contributed by atoms with van der Waals surface area (Å²) in [6, 6.07) is 0. The van der Waals surface area contributed by atoms with Crippen molar-refractivity contribution in [3.8, 4) is 0 Å². The number of unbranched alkanes of at least 4 members (excludes halogenated alkanes) is 26. The fraction of sp³-hybridized carbons (Fsp3) is 1.00. The predicted molar refractivity (Wildman–Crippen MR) is 351 cm³/mol. The predicted octanol–water partition coefficient (Wildman–Crippen LogP) is 9.54. The van der Waals surface area contributed by atoms with Crippen LogP contribution >= 0.6 is 0 Å². The number of nitrogens with one attached hydrogen (secondary N) is 2. The van der Waals surface area contributed by atoms with E-state index < -0.39 is 0 Å². The van der Waals surface area contributed by atoms with Crippen LogP contribution < -0.4 is 10.6 Å². The lowest BCUT2D eigenvalue weighted by atomic mass is 10.0. The highest BCUT2D eigenvalue weighted by Crippen LogP contribution is 2.16. The molecule has 0 saturated carbocycles. The van der Waals surface area contributed by atoms with Gasteiger partial charge in [0.25, 0.3) is 0 Å². The summed E-state index contributed by atoms with van der Waals surface area (Å²) >= 11 is 0. The number of hydrogen-bond donors (Lipinski definition) is 2. The molecule has 3 aliphatic heterocycles. The molecule has 0 amide bonds. The molecule has 2 N–H and O–H groups in total. The van der Waals surface area contributed by atoms with Gasteiger partial charge >= 0.3 is 0 Å². The Morgan fingerprint density at radius 3 is 0.430 bits per heavy atom. The zero-order valence-corrected chi connectivity index (χ0v) is 55.8. The normalized spacial score (nSPS) is 20.9. The minimum Gasteiger partial charge on any atom is -0.378 e. The Labute approximate surface area is 528 Å². The molecule has 3 fully saturated rings. The van der Waals surface area contributed by atoms with Crippen LogP contribution in [0, 0.1) is 0 Å². The van der Waals surface area contributed by atoms with E-state index in [9.17, 15) is 0 Å². The first kappa shape index (κ1) is 79.5. The van der Waals surface area contributed by atoms with Crippen LogP contribution in [0.4, 0.5) is 0 Å². The minimum atomic E-state index is 0.653. The second-order valence-corrected chi connectivity index (χ2v) is 24.1. The monoisotopic (exact) mass is 1230 g/mol. The van der Waals surface area contributed by atoms with Gasteiger partial charge in [0, 0.05) is 78.5 Å². The molecule has 3 rings (SSSR count). The average Bonchev–Trinajstić information content (AvgIpc) is 3.52. The largest absolute Gasteiger partial charge is 0.378 e. The van der Waals surface area contributed by atoms with Crippen molar-refractivity contribution in [1.29, 1.82) is 0 Å². The van der Waals surface area contributed by atoms with E-state index >= 15 is 0 Å². The maximum Gasteiger partial charge on any atom is 0.0701 e. The molecule has 3 heterocycles. The first-order chi connectivity index (χ1) is 42.9. The van der Waals surface area contributed by atoms with Crippen molar-refractivity contribution >= 4 is 0 Å². The Morgan fingerprint density at radius 1 is 0.151 bits per heavy atom. The van der Waals surface area contributed by atoms with E-state index in [0.717, 1.165) is 158 Å². The van der Waals surface area contributed by atoms with Crippen molar-refractivity contribution in [2.24, 2.45) is 0 Å². The minimum absolute atomic E-state index is 0.653. The Bertz CT molecular complexity index is 1160. The standard InChI is InChI=1S/C68H138N6O12/c1(5-9-13-17-21-25-33-71-37-49-79-61-57-75-45-29-69-30-46-76-58-62-80-50-38-71)3-7-11-15-19-23-27-35-73-41-53-83-65-67-85-55-43-74(44-56-86-68-66-84-54-42-73)36-28-24-20-16-12-8-4-2-6-10-14-18-22-26-34-72-39-51-81-63-59-77-47-31-70-32-48-78-60-64-82-52-40-72/h69-70H,1-68H2. The highest BCUT2D eigenvalue weighted by atomic mass is 16.5. The molecule has 512 valence electrons. The van der Waals surface area contributed by atoms with Crippen molar-refractivity contribution in [2.45, 2.75) is 180 Å². The van der Waals surface area contributed by atoms with Crippen molar-refractivity contribution in [3.63, 3.8) is 0 Å². The molecule has 0 aliphatic carbocycles. The Balaban J connectivity index is 1.07. The first-order valence-electron chi connectivity index (χ1n) is 36.1. The Hall–Kier alpha value is -0.720. The van der Waals surface area contributed by atoms with Gasteiger partial charge in [0.05, 0.1) is 159 Å². The third-order valence-electron chi connectivity index (χ3n) is 16.7. The third-order valence-corrected chi connectivity index (χ3v) is 16.7. The van der Waals surface area contributed by atoms with Crippen LogP contribution in [0.2, 0.25) is 0 Å². The van der Waals surface area contributed by atoms with Crippen LogP contribution in [-0.4, -0.2) is 283 Å². The van der Waals surface area contributed by atoms with Gasteiger partial charge < -0.3 is 67.5 Å². The van der Waals surface area contributed by atoms with E-state index in [1.165, 1.54) is 180 Å². The Kier molecular flexibility index (Phi) is 62.1. The molecular weight excluding hydrogens is 1090 g/mol. The Morgan fingerprint density at radius 2 is 0.279 bits per heavy atom. The zero-order chi connectivity index (χ0) is 60.3. The summed E-state index contributed by atoms with van der Waals surface area (Å²) in [5.41, 5.74) is 0. The lowest BCUT2D eigenvalue weighted by Crippen LogP contribution is -2.34. The summed E-state index contributed by atoms with van der Waals surface area (Å²) in [7, 11) is 0. The zero-order valence-electron chi connectivity index (χ0n) is 55.8. The molecule has 0 radical (unpaired) electrons. The molecule has 0 unspecified atom stereocenters. The lowest BCUT2D eigenvalue weighted by molar-refractivity contribution is 0.00776. The average molecular weight is 1230 g/mol. The van der Waals surface area contributed by atoms with E-state index in [1.807, 2.05) is 0 Å². The van der Waals surface area contributed by atoms with Crippen LogP contribution in [0.1, 0.15) is 180 Å². The fourth-order valence-electron chi connectivity index (χ4n) is 11.2. The molecule has 3 saturated heterocycles. The second-order valence-electron chi connectivity index (χ2n) is 24.1. The molecule has 86 heavy (non-hydrogen) atoms. The number of nitrogens with zero attached hydrogens (tertiary/aromatic N) is 4. The van der Waals surface area contributed by atoms with Crippen LogP contribution in [0.3, 0.4) is 0 Å². The van der Waals surface area contributed by atoms with Gasteiger partial charge in [-0.15, -0.1) is 0 Å². The van der Waals surface area contributed by atoms with Crippen molar-refractivity contribution in [1.82, 2.24) is 30.2 Å². The van der Waals surface area contributed by atoms with Gasteiger partial charge in [-0.2, -0.15) is 0 Å². The van der Waals surface area contributed by atoms with Crippen molar-refractivity contribution in [2.75, 3.05) is 263 Å². The third kappa shape index (κ3) is 57.2. The summed E-state index contributed by atoms with van der Waals surface area (Å²) < 4.78 is 70.3. The van der Waals surface area contributed by atoms with E-state index in [0.29, 0.717) is 106 Å². The van der Waals surface area contributed by atoms with Gasteiger partial charge in [-0.25, -0.2) is 0 Å². The quantitative estimate of drug-likeness (QED) is 0.0589. The highest BCUT2D eigenvalue weighted by molar-refractivity contribution is 4.64. The molecule has 0 atom stereocenters. The summed E-state index contributed by atoms with van der Waals surface area (Å²) in [4.78, 5) is 10.1. The summed E-state index contributed by atoms with van der Waals surface area (Å²) in [5, 5.41) is 6.66. The topological polar surface area (TPSA) is 148 Å². The highest BCUT2D eigenvalue weighted by Gasteiger charge is 2.11. The maximum atomic E-state index is 6.05. The van der Waals surface area contributed by atoms with Gasteiger partial charge in [0.15, 0.2) is 0 Å². The summed E-state index contributed by atoms with van der Waals surface area (Å²) in [6.45, 7) is 32.2. The molecule has 0 bridgehead atoms. The number of rotatable bonds is 34. The van der Waals surface area contributed by atoms with E-state index in [4.69, 9.17) is 56.8 Å². The first-order valence-corrected chi connectivity index (χ1v) is 36.1. The lowest BCUT2D eigenvalue weighted by Gasteiger charge is -2.23. The van der Waals surface area contributed by atoms with E-state index in [1.54, 1.807) is 0 Å². The number of ether oxygens (including phenoxy) is 12. The molecule has 0 spiro atoms. The van der Waals surface area contributed by atoms with Crippen LogP contribution in [0.15, 0.2) is 0 Å². The molecule has 18 nitrogen and oxygen atoms in total. The van der Waals surface area contributed by atoms with E-state index in [-0.39, 0.29) is 0 Å². The summed E-state index contributed by atoms with van der Waals surface area (Å²) in [6.07, 6.45) is 37.8. The molecule has 0 aromatic heterocycles. The second kappa shape index (κ2) is 67.2. The molecule has 0 aromatic carbocycles. The van der Waals surface area contributed by atoms with Crippen LogP contribution in [0.25, 0.3) is 0 Å².